The van der Waals surface area contributed by atoms with Crippen LogP contribution >= 0.6 is 0 Å². The Balaban J connectivity index is 1.51. The van der Waals surface area contributed by atoms with Gasteiger partial charge in [0, 0.05) is 49.6 Å². The van der Waals surface area contributed by atoms with Gasteiger partial charge in [-0.05, 0) is 44.9 Å². The Kier molecular flexibility index (Phi) is 5.81. The number of ether oxygens (including phenoxy) is 1. The molecule has 138 valence electrons. The van der Waals surface area contributed by atoms with E-state index in [2.05, 4.69) is 46.4 Å². The average Bonchev–Trinajstić information content (AvgIpc) is 3.16. The number of nitrogens with one attached hydrogen (secondary N) is 2. The number of rotatable bonds is 5. The van der Waals surface area contributed by atoms with E-state index in [1.807, 2.05) is 12.1 Å². The lowest BCUT2D eigenvalue weighted by Crippen LogP contribution is -2.55. The molecule has 2 fully saturated rings. The van der Waals surface area contributed by atoms with Crippen LogP contribution in [0.15, 0.2) is 24.3 Å². The van der Waals surface area contributed by atoms with Crippen molar-refractivity contribution >= 4 is 17.4 Å². The molecule has 2 aliphatic heterocycles. The molecule has 3 rings (SSSR count). The van der Waals surface area contributed by atoms with Gasteiger partial charge in [-0.25, -0.2) is 4.79 Å². The van der Waals surface area contributed by atoms with Crippen LogP contribution in [-0.2, 0) is 4.74 Å². The highest BCUT2D eigenvalue weighted by atomic mass is 16.5. The molecule has 0 radical (unpaired) electrons. The Hall–Kier alpha value is -1.79. The smallest absolute Gasteiger partial charge is 0.319 e. The maximum Gasteiger partial charge on any atom is 0.319 e. The first-order chi connectivity index (χ1) is 12.0. The fraction of sp³-hybridized carbons (Fsp3) is 0.632. The van der Waals surface area contributed by atoms with Crippen molar-refractivity contribution in [1.29, 1.82) is 0 Å². The van der Waals surface area contributed by atoms with Crippen LogP contribution in [0.3, 0.4) is 0 Å². The number of urea groups is 1. The molecule has 0 unspecified atom stereocenters. The van der Waals surface area contributed by atoms with Gasteiger partial charge in [0.25, 0.3) is 0 Å². The SMILES string of the molecule is CC(C)(CNC(=O)Nc1cccc(N2CCCC2)c1)N1CCOCC1. The summed E-state index contributed by atoms with van der Waals surface area (Å²) in [6, 6.07) is 7.95. The number of hydrogen-bond donors (Lipinski definition) is 2. The van der Waals surface area contributed by atoms with E-state index in [1.165, 1.54) is 18.5 Å². The lowest BCUT2D eigenvalue weighted by molar-refractivity contribution is -0.00863. The summed E-state index contributed by atoms with van der Waals surface area (Å²) in [4.78, 5) is 17.0. The van der Waals surface area contributed by atoms with Crippen LogP contribution in [0.5, 0.6) is 0 Å². The average molecular weight is 346 g/mol. The lowest BCUT2D eigenvalue weighted by Gasteiger charge is -2.40. The summed E-state index contributed by atoms with van der Waals surface area (Å²) < 4.78 is 5.41. The van der Waals surface area contributed by atoms with Gasteiger partial charge < -0.3 is 20.3 Å². The van der Waals surface area contributed by atoms with E-state index in [0.717, 1.165) is 45.1 Å². The summed E-state index contributed by atoms with van der Waals surface area (Å²) in [5.41, 5.74) is 1.94. The van der Waals surface area contributed by atoms with Crippen LogP contribution < -0.4 is 15.5 Å². The molecule has 1 aromatic carbocycles. The van der Waals surface area contributed by atoms with Gasteiger partial charge in [-0.3, -0.25) is 4.90 Å². The zero-order valence-electron chi connectivity index (χ0n) is 15.4. The molecule has 2 saturated heterocycles. The molecule has 2 aliphatic rings. The minimum absolute atomic E-state index is 0.0848. The van der Waals surface area contributed by atoms with Crippen molar-refractivity contribution in [3.05, 3.63) is 24.3 Å². The first-order valence-corrected chi connectivity index (χ1v) is 9.27. The number of morpholine rings is 1. The number of benzene rings is 1. The largest absolute Gasteiger partial charge is 0.379 e. The van der Waals surface area contributed by atoms with E-state index in [-0.39, 0.29) is 11.6 Å². The van der Waals surface area contributed by atoms with Crippen LogP contribution in [0.2, 0.25) is 0 Å². The molecular formula is C19H30N4O2. The molecule has 6 nitrogen and oxygen atoms in total. The van der Waals surface area contributed by atoms with Crippen molar-refractivity contribution in [2.45, 2.75) is 32.2 Å². The first kappa shape index (κ1) is 18.0. The third kappa shape index (κ3) is 4.86. The topological polar surface area (TPSA) is 56.8 Å². The van der Waals surface area contributed by atoms with Gasteiger partial charge in [-0.15, -0.1) is 0 Å². The van der Waals surface area contributed by atoms with E-state index in [1.54, 1.807) is 0 Å². The minimum Gasteiger partial charge on any atom is -0.379 e. The fourth-order valence-corrected chi connectivity index (χ4v) is 3.51. The normalized spacial score (nSPS) is 19.0. The molecule has 0 saturated carbocycles. The van der Waals surface area contributed by atoms with Gasteiger partial charge >= 0.3 is 6.03 Å². The van der Waals surface area contributed by atoms with Crippen LogP contribution in [0.25, 0.3) is 0 Å². The third-order valence-electron chi connectivity index (χ3n) is 5.12. The molecule has 25 heavy (non-hydrogen) atoms. The van der Waals surface area contributed by atoms with Crippen molar-refractivity contribution in [1.82, 2.24) is 10.2 Å². The summed E-state index contributed by atoms with van der Waals surface area (Å²) in [5, 5.41) is 5.97. The Morgan fingerprint density at radius 2 is 1.88 bits per heavy atom. The molecule has 2 N–H and O–H groups in total. The fourth-order valence-electron chi connectivity index (χ4n) is 3.51. The molecule has 0 spiro atoms. The van der Waals surface area contributed by atoms with Gasteiger partial charge in [-0.2, -0.15) is 0 Å². The summed E-state index contributed by atoms with van der Waals surface area (Å²) in [6.45, 7) is 10.5. The molecule has 6 heteroatoms. The molecule has 0 aromatic heterocycles. The predicted molar refractivity (Wildman–Crippen MR) is 101 cm³/mol. The third-order valence-corrected chi connectivity index (χ3v) is 5.12. The zero-order chi connectivity index (χ0) is 17.7. The van der Waals surface area contributed by atoms with Gasteiger partial charge in [0.15, 0.2) is 0 Å². The number of carbonyl (C=O) groups excluding carboxylic acids is 1. The molecule has 0 bridgehead atoms. The first-order valence-electron chi connectivity index (χ1n) is 9.27. The Morgan fingerprint density at radius 1 is 1.16 bits per heavy atom. The zero-order valence-corrected chi connectivity index (χ0v) is 15.4. The molecule has 1 aromatic rings. The van der Waals surface area contributed by atoms with E-state index in [9.17, 15) is 4.79 Å². The van der Waals surface area contributed by atoms with Crippen LogP contribution in [0.4, 0.5) is 16.2 Å². The summed E-state index contributed by atoms with van der Waals surface area (Å²) in [5.74, 6) is 0. The highest BCUT2D eigenvalue weighted by Gasteiger charge is 2.28. The van der Waals surface area contributed by atoms with Crippen LogP contribution in [0.1, 0.15) is 26.7 Å². The Morgan fingerprint density at radius 3 is 2.60 bits per heavy atom. The van der Waals surface area contributed by atoms with Crippen molar-refractivity contribution in [2.24, 2.45) is 0 Å². The van der Waals surface area contributed by atoms with E-state index < -0.39 is 0 Å². The van der Waals surface area contributed by atoms with E-state index in [0.29, 0.717) is 6.54 Å². The minimum atomic E-state index is -0.153. The quantitative estimate of drug-likeness (QED) is 0.860. The van der Waals surface area contributed by atoms with Crippen molar-refractivity contribution in [3.8, 4) is 0 Å². The number of carbonyl (C=O) groups is 1. The molecule has 2 amide bonds. The van der Waals surface area contributed by atoms with Crippen LogP contribution in [0, 0.1) is 0 Å². The maximum absolute atomic E-state index is 12.3. The van der Waals surface area contributed by atoms with Crippen molar-refractivity contribution < 1.29 is 9.53 Å². The van der Waals surface area contributed by atoms with Gasteiger partial charge in [0.05, 0.1) is 13.2 Å². The van der Waals surface area contributed by atoms with Crippen molar-refractivity contribution in [3.63, 3.8) is 0 Å². The maximum atomic E-state index is 12.3. The highest BCUT2D eigenvalue weighted by Crippen LogP contribution is 2.23. The molecular weight excluding hydrogens is 316 g/mol. The lowest BCUT2D eigenvalue weighted by atomic mass is 10.0. The van der Waals surface area contributed by atoms with E-state index in [4.69, 9.17) is 4.74 Å². The van der Waals surface area contributed by atoms with Crippen molar-refractivity contribution in [2.75, 3.05) is 56.2 Å². The summed E-state index contributed by atoms with van der Waals surface area (Å²) >= 11 is 0. The van der Waals surface area contributed by atoms with E-state index >= 15 is 0 Å². The number of hydrogen-bond acceptors (Lipinski definition) is 4. The second-order valence-corrected chi connectivity index (χ2v) is 7.46. The van der Waals surface area contributed by atoms with Gasteiger partial charge in [-0.1, -0.05) is 6.07 Å². The summed E-state index contributed by atoms with van der Waals surface area (Å²) in [7, 11) is 0. The number of nitrogens with zero attached hydrogens (tertiary/aromatic N) is 2. The molecule has 2 heterocycles. The van der Waals surface area contributed by atoms with Crippen LogP contribution in [-0.4, -0.2) is 62.4 Å². The second kappa shape index (κ2) is 8.06. The molecule has 0 atom stereocenters. The highest BCUT2D eigenvalue weighted by molar-refractivity contribution is 5.89. The predicted octanol–water partition coefficient (Wildman–Crippen LogP) is 2.52. The van der Waals surface area contributed by atoms with Gasteiger partial charge in [0.2, 0.25) is 0 Å². The standard InChI is InChI=1S/C19H30N4O2/c1-19(2,23-10-12-25-13-11-23)15-20-18(24)21-16-6-5-7-17(14-16)22-8-3-4-9-22/h5-7,14H,3-4,8-13,15H2,1-2H3,(H2,20,21,24). The molecule has 0 aliphatic carbocycles. The Labute approximate surface area is 150 Å². The van der Waals surface area contributed by atoms with Gasteiger partial charge in [0.1, 0.15) is 0 Å². The second-order valence-electron chi connectivity index (χ2n) is 7.46. The Bertz CT molecular complexity index is 579. The summed E-state index contributed by atoms with van der Waals surface area (Å²) in [6.07, 6.45) is 2.49. The monoisotopic (exact) mass is 346 g/mol. The number of amides is 2. The number of anilines is 2.